The number of aryl methyl sites for hydroxylation is 2. The van der Waals surface area contributed by atoms with Crippen LogP contribution in [-0.2, 0) is 76.3 Å². The highest BCUT2D eigenvalue weighted by molar-refractivity contribution is 7.89. The third kappa shape index (κ3) is 12.5. The standard InChI is InChI=1S/C24H31N3O5S.C23H29N3O5S/c1-24(2,32-6)22-15-23(25-26(22)3)33(28,29)27(16-18-7-11-20(30-4)12-8-18)17-19-9-13-21(31-5)14-10-19;1-23(2,27)21-14-22(24-25(21)3)32(28,29)26(15-17-6-10-19(30-4)11-7-17)16-18-8-12-20(31-5)13-9-18/h7-15H,16-17H2,1-6H3;6-14,27H,15-16H2,1-5H3. The van der Waals surface area contributed by atoms with Crippen molar-refractivity contribution >= 4 is 20.0 Å². The number of sulfonamides is 2. The van der Waals surface area contributed by atoms with E-state index in [9.17, 15) is 21.9 Å². The molecule has 18 heteroatoms. The van der Waals surface area contributed by atoms with Crippen LogP contribution in [-0.4, -0.2) is 85.7 Å². The molecule has 0 bridgehead atoms. The molecule has 0 atom stereocenters. The fourth-order valence-corrected chi connectivity index (χ4v) is 9.61. The number of benzene rings is 4. The van der Waals surface area contributed by atoms with Crippen molar-refractivity contribution in [2.24, 2.45) is 14.1 Å². The number of aliphatic hydroxyl groups is 1. The van der Waals surface area contributed by atoms with Crippen molar-refractivity contribution in [3.8, 4) is 23.0 Å². The second-order valence-corrected chi connectivity index (χ2v) is 20.0. The normalized spacial score (nSPS) is 12.2. The molecular formula is C47H60N6O10S2. The highest BCUT2D eigenvalue weighted by Crippen LogP contribution is 2.30. The number of hydrogen-bond donors (Lipinski definition) is 1. The van der Waals surface area contributed by atoms with Gasteiger partial charge in [0.2, 0.25) is 0 Å². The molecule has 16 nitrogen and oxygen atoms in total. The van der Waals surface area contributed by atoms with Crippen molar-refractivity contribution in [1.29, 1.82) is 0 Å². The predicted octanol–water partition coefficient (Wildman–Crippen LogP) is 6.77. The van der Waals surface area contributed by atoms with E-state index in [0.29, 0.717) is 34.4 Å². The predicted molar refractivity (Wildman–Crippen MR) is 247 cm³/mol. The number of ether oxygens (including phenoxy) is 5. The zero-order valence-corrected chi connectivity index (χ0v) is 40.5. The molecular weight excluding hydrogens is 873 g/mol. The summed E-state index contributed by atoms with van der Waals surface area (Å²) in [5.74, 6) is 2.80. The molecule has 2 heterocycles. The third-order valence-corrected chi connectivity index (χ3v) is 14.1. The Bertz CT molecular complexity index is 2600. The van der Waals surface area contributed by atoms with E-state index in [0.717, 1.165) is 22.3 Å². The first kappa shape index (κ1) is 50.2. The molecule has 0 saturated carbocycles. The lowest BCUT2D eigenvalue weighted by molar-refractivity contribution is 0.0123. The van der Waals surface area contributed by atoms with Crippen molar-refractivity contribution in [3.05, 3.63) is 143 Å². The molecule has 0 aliphatic rings. The molecule has 6 aromatic rings. The molecule has 0 aliphatic heterocycles. The minimum atomic E-state index is -3.96. The van der Waals surface area contributed by atoms with Crippen LogP contribution in [0.1, 0.15) is 61.3 Å². The van der Waals surface area contributed by atoms with Crippen LogP contribution in [0.3, 0.4) is 0 Å². The maximum absolute atomic E-state index is 13.7. The van der Waals surface area contributed by atoms with Gasteiger partial charge in [0.25, 0.3) is 20.0 Å². The van der Waals surface area contributed by atoms with E-state index in [1.807, 2.05) is 86.6 Å². The van der Waals surface area contributed by atoms with E-state index in [1.165, 1.54) is 19.4 Å². The van der Waals surface area contributed by atoms with Crippen LogP contribution >= 0.6 is 0 Å². The average Bonchev–Trinajstić information content (AvgIpc) is 3.91. The van der Waals surface area contributed by atoms with Crippen LogP contribution in [0.15, 0.2) is 119 Å². The van der Waals surface area contributed by atoms with Crippen LogP contribution in [0.25, 0.3) is 0 Å². The van der Waals surface area contributed by atoms with Gasteiger partial charge in [0.05, 0.1) is 39.8 Å². The van der Waals surface area contributed by atoms with Crippen molar-refractivity contribution in [1.82, 2.24) is 28.2 Å². The topological polar surface area (TPSA) is 177 Å². The molecule has 0 aliphatic carbocycles. The zero-order valence-electron chi connectivity index (χ0n) is 38.8. The molecule has 1 N–H and O–H groups in total. The Labute approximate surface area is 383 Å². The largest absolute Gasteiger partial charge is 0.497 e. The van der Waals surface area contributed by atoms with Gasteiger partial charge in [0, 0.05) is 59.5 Å². The first-order valence-corrected chi connectivity index (χ1v) is 23.4. The van der Waals surface area contributed by atoms with E-state index >= 15 is 0 Å². The molecule has 0 unspecified atom stereocenters. The molecule has 2 aromatic heterocycles. The van der Waals surface area contributed by atoms with Crippen LogP contribution in [0.2, 0.25) is 0 Å². The molecule has 0 radical (unpaired) electrons. The van der Waals surface area contributed by atoms with E-state index in [4.69, 9.17) is 23.7 Å². The molecule has 0 spiro atoms. The summed E-state index contributed by atoms with van der Waals surface area (Å²) in [6.07, 6.45) is 0. The van der Waals surface area contributed by atoms with Gasteiger partial charge in [0.1, 0.15) is 34.2 Å². The summed E-state index contributed by atoms with van der Waals surface area (Å²) in [4.78, 5) is 0. The van der Waals surface area contributed by atoms with E-state index in [2.05, 4.69) is 10.2 Å². The fourth-order valence-electron chi connectivity index (χ4n) is 6.83. The Morgan fingerprint density at radius 3 is 0.985 bits per heavy atom. The van der Waals surface area contributed by atoms with Gasteiger partial charge in [-0.3, -0.25) is 9.36 Å². The van der Waals surface area contributed by atoms with Crippen molar-refractivity contribution in [2.45, 2.75) is 75.1 Å². The van der Waals surface area contributed by atoms with Gasteiger partial charge >= 0.3 is 0 Å². The minimum Gasteiger partial charge on any atom is -0.497 e. The molecule has 65 heavy (non-hydrogen) atoms. The summed E-state index contributed by atoms with van der Waals surface area (Å²) in [7, 11) is 3.38. The lowest BCUT2D eigenvalue weighted by Gasteiger charge is -2.22. The van der Waals surface area contributed by atoms with Crippen LogP contribution in [0, 0.1) is 0 Å². The number of nitrogens with zero attached hydrogens (tertiary/aromatic N) is 6. The third-order valence-electron chi connectivity index (χ3n) is 10.7. The summed E-state index contributed by atoms with van der Waals surface area (Å²) < 4.78 is 86.7. The van der Waals surface area contributed by atoms with Gasteiger partial charge in [0.15, 0.2) is 10.1 Å². The lowest BCUT2D eigenvalue weighted by atomic mass is 10.1. The Balaban J connectivity index is 0.000000244. The monoisotopic (exact) mass is 932 g/mol. The maximum atomic E-state index is 13.7. The van der Waals surface area contributed by atoms with Gasteiger partial charge in [-0.25, -0.2) is 16.8 Å². The van der Waals surface area contributed by atoms with Crippen LogP contribution in [0.4, 0.5) is 0 Å². The Hall–Kier alpha value is -5.76. The van der Waals surface area contributed by atoms with E-state index in [-0.39, 0.29) is 36.2 Å². The SMILES string of the molecule is COc1ccc(CN(Cc2ccc(OC)cc2)S(=O)(=O)c2cc(C(C)(C)O)n(C)n2)cc1.COc1ccc(CN(Cc2ccc(OC)cc2)S(=O)(=O)c2cc(C(C)(C)OC)n(C)n2)cc1. The number of hydrogen-bond acceptors (Lipinski definition) is 12. The summed E-state index contributed by atoms with van der Waals surface area (Å²) in [6.45, 7) is 7.56. The maximum Gasteiger partial charge on any atom is 0.263 e. The number of methoxy groups -OCH3 is 5. The average molecular weight is 933 g/mol. The summed E-state index contributed by atoms with van der Waals surface area (Å²) in [5.41, 5.74) is 2.44. The Morgan fingerprint density at radius 2 is 0.754 bits per heavy atom. The number of aromatic nitrogens is 4. The highest BCUT2D eigenvalue weighted by atomic mass is 32.2. The summed E-state index contributed by atoms with van der Waals surface area (Å²) in [5, 5.41) is 18.7. The summed E-state index contributed by atoms with van der Waals surface area (Å²) in [6, 6.07) is 32.2. The molecule has 0 fully saturated rings. The zero-order chi connectivity index (χ0) is 47.7. The molecule has 0 amide bonds. The highest BCUT2D eigenvalue weighted by Gasteiger charge is 2.33. The Morgan fingerprint density at radius 1 is 0.492 bits per heavy atom. The van der Waals surface area contributed by atoms with Crippen molar-refractivity contribution in [2.75, 3.05) is 35.5 Å². The molecule has 4 aromatic carbocycles. The smallest absolute Gasteiger partial charge is 0.263 e. The quantitative estimate of drug-likeness (QED) is 0.0904. The lowest BCUT2D eigenvalue weighted by Crippen LogP contribution is -2.30. The molecule has 6 rings (SSSR count). The summed E-state index contributed by atoms with van der Waals surface area (Å²) >= 11 is 0. The van der Waals surface area contributed by atoms with E-state index < -0.39 is 31.2 Å². The van der Waals surface area contributed by atoms with E-state index in [1.54, 1.807) is 98.5 Å². The van der Waals surface area contributed by atoms with Gasteiger partial charge in [-0.15, -0.1) is 0 Å². The van der Waals surface area contributed by atoms with Crippen molar-refractivity contribution in [3.63, 3.8) is 0 Å². The van der Waals surface area contributed by atoms with Gasteiger partial charge in [-0.1, -0.05) is 48.5 Å². The fraction of sp³-hybridized carbons (Fsp3) is 0.362. The second-order valence-electron chi connectivity index (χ2n) is 16.2. The second kappa shape index (κ2) is 21.0. The van der Waals surface area contributed by atoms with Gasteiger partial charge < -0.3 is 28.8 Å². The van der Waals surface area contributed by atoms with Crippen LogP contribution in [0.5, 0.6) is 23.0 Å². The Kier molecular flexibility index (Phi) is 16.3. The number of rotatable bonds is 19. The van der Waals surface area contributed by atoms with Crippen LogP contribution < -0.4 is 18.9 Å². The first-order valence-electron chi connectivity index (χ1n) is 20.5. The molecule has 0 saturated heterocycles. The molecule has 350 valence electrons. The minimum absolute atomic E-state index is 0.0212. The van der Waals surface area contributed by atoms with Crippen molar-refractivity contribution < 1.29 is 45.6 Å². The van der Waals surface area contributed by atoms with Gasteiger partial charge in [-0.2, -0.15) is 18.8 Å². The first-order chi connectivity index (χ1) is 30.6. The van der Waals surface area contributed by atoms with Gasteiger partial charge in [-0.05, 0) is 98.5 Å².